The number of rotatable bonds is 4. The molecule has 10 heteroatoms. The lowest BCUT2D eigenvalue weighted by Gasteiger charge is -2.31. The van der Waals surface area contributed by atoms with E-state index in [0.717, 1.165) is 25.7 Å². The van der Waals surface area contributed by atoms with Gasteiger partial charge in [0.05, 0.1) is 9.16 Å². The molecule has 0 saturated carbocycles. The van der Waals surface area contributed by atoms with E-state index >= 15 is 0 Å². The Morgan fingerprint density at radius 2 is 1.00 bits per heavy atom. The van der Waals surface area contributed by atoms with Crippen LogP contribution in [0.5, 0.6) is 0 Å². The number of hydrogen-bond donors (Lipinski definition) is 0. The first kappa shape index (κ1) is 33.1. The molecule has 0 spiro atoms. The van der Waals surface area contributed by atoms with Gasteiger partial charge in [0, 0.05) is 39.4 Å². The van der Waals surface area contributed by atoms with Crippen molar-refractivity contribution in [3.63, 3.8) is 0 Å². The van der Waals surface area contributed by atoms with Gasteiger partial charge in [-0.15, -0.1) is 70.6 Å². The number of halogens is 2. The van der Waals surface area contributed by atoms with Crippen LogP contribution in [0, 0.1) is 0 Å². The van der Waals surface area contributed by atoms with Crippen LogP contribution < -0.4 is 0 Å². The Hall–Kier alpha value is 1.68. The van der Waals surface area contributed by atoms with Crippen molar-refractivity contribution in [1.82, 2.24) is 0 Å². The van der Waals surface area contributed by atoms with E-state index in [1.807, 2.05) is 47.0 Å². The summed E-state index contributed by atoms with van der Waals surface area (Å²) in [6.45, 7) is 0. The molecule has 2 aromatic carbocycles. The maximum Gasteiger partial charge on any atom is 0.0678 e. The summed E-state index contributed by atoms with van der Waals surface area (Å²) in [4.78, 5) is 0. The van der Waals surface area contributed by atoms with Gasteiger partial charge in [-0.3, -0.25) is 0 Å². The molecule has 2 heterocycles. The zero-order chi connectivity index (χ0) is 28.2. The molecule has 2 aromatic rings. The molecular weight excluding hydrogens is 777 g/mol. The molecule has 2 fully saturated rings. The van der Waals surface area contributed by atoms with E-state index in [-0.39, 0.29) is 0 Å². The van der Waals surface area contributed by atoms with Crippen molar-refractivity contribution < 1.29 is 0 Å². The van der Waals surface area contributed by atoms with Crippen molar-refractivity contribution in [3.8, 4) is 0 Å². The molecule has 0 N–H and O–H groups in total. The van der Waals surface area contributed by atoms with E-state index in [4.69, 9.17) is 0 Å². The van der Waals surface area contributed by atoms with Gasteiger partial charge >= 0.3 is 0 Å². The van der Waals surface area contributed by atoms with Crippen LogP contribution in [-0.4, -0.2) is 56.2 Å². The first-order chi connectivity index (χ1) is 19.4. The largest absolute Gasteiger partial charge is 0.159 e. The molecular formula is C30H34Br2S8. The molecule has 4 unspecified atom stereocenters. The molecule has 2 saturated heterocycles. The highest BCUT2D eigenvalue weighted by Crippen LogP contribution is 2.51. The van der Waals surface area contributed by atoms with Crippen molar-refractivity contribution in [3.05, 3.63) is 87.2 Å². The second-order valence-electron chi connectivity index (χ2n) is 9.95. The Balaban J connectivity index is 1.53. The maximum atomic E-state index is 4.01. The summed E-state index contributed by atoms with van der Waals surface area (Å²) < 4.78 is 6.79. The highest BCUT2D eigenvalue weighted by Gasteiger charge is 2.31. The lowest BCUT2D eigenvalue weighted by molar-refractivity contribution is 0.989. The monoisotopic (exact) mass is 808 g/mol. The minimum Gasteiger partial charge on any atom is -0.159 e. The predicted octanol–water partition coefficient (Wildman–Crippen LogP) is 11.3. The van der Waals surface area contributed by atoms with E-state index < -0.39 is 0 Å². The van der Waals surface area contributed by atoms with Crippen molar-refractivity contribution in [2.24, 2.45) is 0 Å². The summed E-state index contributed by atoms with van der Waals surface area (Å²) in [5.41, 5.74) is 8.71. The number of hydrogen-bond acceptors (Lipinski definition) is 8. The lowest BCUT2D eigenvalue weighted by Crippen LogP contribution is -2.23. The minimum absolute atomic E-state index is 0.616. The topological polar surface area (TPSA) is 0 Å². The average Bonchev–Trinajstić information content (AvgIpc) is 2.98. The lowest BCUT2D eigenvalue weighted by atomic mass is 9.93. The Kier molecular flexibility index (Phi) is 13.1. The highest BCUT2D eigenvalue weighted by atomic mass is 79.9. The summed E-state index contributed by atoms with van der Waals surface area (Å²) in [6, 6.07) is 14.3. The van der Waals surface area contributed by atoms with Crippen LogP contribution in [0.4, 0.5) is 0 Å². The normalized spacial score (nSPS) is 29.6. The smallest absolute Gasteiger partial charge is 0.0678 e. The van der Waals surface area contributed by atoms with Crippen LogP contribution in [0.2, 0.25) is 0 Å². The van der Waals surface area contributed by atoms with Crippen molar-refractivity contribution in [2.45, 2.75) is 45.3 Å². The number of thioether (sulfide) groups is 8. The van der Waals surface area contributed by atoms with Gasteiger partial charge in [-0.05, 0) is 96.2 Å². The Morgan fingerprint density at radius 3 is 1.35 bits per heavy atom. The molecule has 8 rings (SSSR count). The van der Waals surface area contributed by atoms with Gasteiger partial charge in [0.2, 0.25) is 0 Å². The highest BCUT2D eigenvalue weighted by molar-refractivity contribution is 9.11. The van der Waals surface area contributed by atoms with E-state index in [2.05, 4.69) is 140 Å². The number of allylic oxidation sites excluding steroid dienone is 2. The Bertz CT molecular complexity index is 1160. The van der Waals surface area contributed by atoms with Gasteiger partial charge in [-0.25, -0.2) is 0 Å². The zero-order valence-electron chi connectivity index (χ0n) is 23.0. The molecule has 0 amide bonds. The van der Waals surface area contributed by atoms with Crippen LogP contribution in [0.15, 0.2) is 65.0 Å². The fraction of sp³-hybridized carbons (Fsp3) is 0.467. The third kappa shape index (κ3) is 8.09. The Morgan fingerprint density at radius 1 is 0.600 bits per heavy atom. The molecule has 0 radical (unpaired) electrons. The molecule has 2 aliphatic heterocycles. The molecule has 4 aliphatic carbocycles. The molecule has 0 nitrogen and oxygen atoms in total. The predicted molar refractivity (Wildman–Crippen MR) is 206 cm³/mol. The second kappa shape index (κ2) is 15.8. The van der Waals surface area contributed by atoms with Crippen LogP contribution in [0.25, 0.3) is 0 Å². The number of benzene rings is 2. The first-order valence-corrected chi connectivity index (χ1v) is 23.6. The average molecular weight is 811 g/mol. The summed E-state index contributed by atoms with van der Waals surface area (Å²) in [5, 5.41) is 1.41. The molecule has 216 valence electrons. The van der Waals surface area contributed by atoms with Crippen LogP contribution in [0.3, 0.4) is 0 Å². The van der Waals surface area contributed by atoms with Gasteiger partial charge in [0.1, 0.15) is 0 Å². The second-order valence-corrected chi connectivity index (χ2v) is 21.3. The van der Waals surface area contributed by atoms with E-state index in [1.54, 1.807) is 11.1 Å². The molecule has 0 aromatic heterocycles. The van der Waals surface area contributed by atoms with Crippen molar-refractivity contribution >= 4 is 126 Å². The van der Waals surface area contributed by atoms with E-state index in [1.165, 1.54) is 51.2 Å². The van der Waals surface area contributed by atoms with Gasteiger partial charge < -0.3 is 0 Å². The first-order valence-electron chi connectivity index (χ1n) is 13.1. The zero-order valence-corrected chi connectivity index (χ0v) is 32.7. The van der Waals surface area contributed by atoms with Crippen LogP contribution in [-0.2, 0) is 25.7 Å². The SMILES string of the molecule is CSC1CS/C(=C2\Cc3ccc(cc3)C/C(=C3\SCC(SC)C(SC)S3)Cc3cc(Br)c(cc3Br)C2)SC1SC. The van der Waals surface area contributed by atoms with Crippen molar-refractivity contribution in [1.29, 1.82) is 0 Å². The van der Waals surface area contributed by atoms with Gasteiger partial charge in [-0.1, -0.05) is 56.1 Å². The van der Waals surface area contributed by atoms with Crippen molar-refractivity contribution in [2.75, 3.05) is 36.5 Å². The molecule has 40 heavy (non-hydrogen) atoms. The minimum atomic E-state index is 0.616. The standard InChI is InChI=1S/C30H34Br2S8/c1-33-25-15-37-27(39-29(25)35-3)21-9-17-5-7-18(8-6-17)10-22(28-38-16-26(34-2)30(36-4)40-28)12-20-14-23(31)19(11-21)13-24(20)32/h5-8,13-14,25-26,29-30H,9-12,15-16H2,1-4H3/b27-21-,28-22-. The summed E-state index contributed by atoms with van der Waals surface area (Å²) in [7, 11) is 0. The molecule has 6 aliphatic rings. The molecule has 4 bridgehead atoms. The fourth-order valence-corrected chi connectivity index (χ4v) is 18.2. The van der Waals surface area contributed by atoms with Gasteiger partial charge in [0.25, 0.3) is 0 Å². The Labute approximate surface area is 291 Å². The molecule has 4 atom stereocenters. The quantitative estimate of drug-likeness (QED) is 0.296. The summed E-state index contributed by atoms with van der Waals surface area (Å²) >= 11 is 24.5. The van der Waals surface area contributed by atoms with Crippen LogP contribution >= 0.6 is 126 Å². The van der Waals surface area contributed by atoms with Gasteiger partial charge in [-0.2, -0.15) is 23.5 Å². The van der Waals surface area contributed by atoms with E-state index in [0.29, 0.717) is 19.7 Å². The third-order valence-corrected chi connectivity index (χ3v) is 20.9. The summed E-state index contributed by atoms with van der Waals surface area (Å²) in [5.74, 6) is 2.40. The van der Waals surface area contributed by atoms with E-state index in [9.17, 15) is 0 Å². The van der Waals surface area contributed by atoms with Gasteiger partial charge in [0.15, 0.2) is 0 Å². The van der Waals surface area contributed by atoms with Crippen LogP contribution in [0.1, 0.15) is 22.3 Å². The maximum absolute atomic E-state index is 4.01. The summed E-state index contributed by atoms with van der Waals surface area (Å²) in [6.07, 6.45) is 13.1. The third-order valence-electron chi connectivity index (χ3n) is 7.34. The fourth-order valence-electron chi connectivity index (χ4n) is 5.07.